The molecule has 4 bridgehead atoms. The van der Waals surface area contributed by atoms with Crippen LogP contribution in [0.1, 0.15) is 52.4 Å². The average molecular weight is 301 g/mol. The van der Waals surface area contributed by atoms with Crippen molar-refractivity contribution in [2.45, 2.75) is 52.4 Å². The van der Waals surface area contributed by atoms with Gasteiger partial charge in [0.05, 0.1) is 13.2 Å². The summed E-state index contributed by atoms with van der Waals surface area (Å²) in [5, 5.41) is 3.17. The van der Waals surface area contributed by atoms with E-state index in [-0.39, 0.29) is 0 Å². The van der Waals surface area contributed by atoms with Gasteiger partial charge in [-0.25, -0.2) is 9.65 Å². The summed E-state index contributed by atoms with van der Waals surface area (Å²) >= 11 is 0. The standard InChI is InChI=1S/C15H28NO3P/c1-3-18-20(17,19-4-2)16-11-15-8-12-5-13(9-15)7-14(6-12)10-15/h12-14H,3-11H2,1-2H3,(H,16,17). The lowest BCUT2D eigenvalue weighted by Crippen LogP contribution is -2.50. The molecule has 0 saturated heterocycles. The molecular weight excluding hydrogens is 273 g/mol. The molecule has 1 N–H and O–H groups in total. The minimum atomic E-state index is -3.09. The average Bonchev–Trinajstić information content (AvgIpc) is 2.36. The highest BCUT2D eigenvalue weighted by atomic mass is 31.2. The van der Waals surface area contributed by atoms with E-state index < -0.39 is 7.75 Å². The lowest BCUT2D eigenvalue weighted by Gasteiger charge is -2.57. The molecule has 4 aliphatic carbocycles. The summed E-state index contributed by atoms with van der Waals surface area (Å²) in [6, 6.07) is 0. The fourth-order valence-corrected chi connectivity index (χ4v) is 6.71. The van der Waals surface area contributed by atoms with Crippen molar-refractivity contribution in [2.75, 3.05) is 19.8 Å². The molecule has 0 aromatic rings. The van der Waals surface area contributed by atoms with E-state index in [1.165, 1.54) is 38.5 Å². The molecule has 0 amide bonds. The zero-order valence-electron chi connectivity index (χ0n) is 12.8. The second-order valence-corrected chi connectivity index (χ2v) is 8.91. The lowest BCUT2D eigenvalue weighted by atomic mass is 9.50. The van der Waals surface area contributed by atoms with Crippen LogP contribution in [0.3, 0.4) is 0 Å². The first-order valence-electron chi connectivity index (χ1n) is 8.20. The van der Waals surface area contributed by atoms with Gasteiger partial charge in [-0.15, -0.1) is 0 Å². The quantitative estimate of drug-likeness (QED) is 0.723. The van der Waals surface area contributed by atoms with Crippen molar-refractivity contribution in [3.05, 3.63) is 0 Å². The number of rotatable bonds is 7. The normalized spacial score (nSPS) is 39.4. The molecule has 5 heteroatoms. The molecule has 4 aliphatic rings. The molecule has 0 unspecified atom stereocenters. The van der Waals surface area contributed by atoms with Gasteiger partial charge in [0, 0.05) is 6.54 Å². The minimum absolute atomic E-state index is 0.360. The second kappa shape index (κ2) is 5.72. The summed E-state index contributed by atoms with van der Waals surface area (Å²) < 4.78 is 23.3. The molecule has 0 aromatic heterocycles. The van der Waals surface area contributed by atoms with Gasteiger partial charge in [-0.3, -0.25) is 9.05 Å². The molecule has 116 valence electrons. The summed E-state index contributed by atoms with van der Waals surface area (Å²) in [5.41, 5.74) is 0.360. The van der Waals surface area contributed by atoms with Crippen molar-refractivity contribution in [1.29, 1.82) is 0 Å². The molecular formula is C15H28NO3P. The summed E-state index contributed by atoms with van der Waals surface area (Å²) in [7, 11) is -3.09. The Bertz CT molecular complexity index is 353. The molecule has 4 rings (SSSR count). The summed E-state index contributed by atoms with van der Waals surface area (Å²) in [6.45, 7) is 5.36. The largest absolute Gasteiger partial charge is 0.405 e. The van der Waals surface area contributed by atoms with Gasteiger partial charge in [0.15, 0.2) is 0 Å². The van der Waals surface area contributed by atoms with Crippen LogP contribution in [0, 0.1) is 23.2 Å². The van der Waals surface area contributed by atoms with Gasteiger partial charge < -0.3 is 0 Å². The third-order valence-electron chi connectivity index (χ3n) is 5.41. The van der Waals surface area contributed by atoms with Crippen molar-refractivity contribution >= 4 is 7.75 Å². The van der Waals surface area contributed by atoms with Gasteiger partial charge >= 0.3 is 7.75 Å². The molecule has 0 spiro atoms. The summed E-state index contributed by atoms with van der Waals surface area (Å²) in [4.78, 5) is 0. The topological polar surface area (TPSA) is 47.6 Å². The molecule has 4 fully saturated rings. The predicted molar refractivity (Wildman–Crippen MR) is 79.5 cm³/mol. The first-order valence-corrected chi connectivity index (χ1v) is 9.75. The highest BCUT2D eigenvalue weighted by molar-refractivity contribution is 7.51. The Balaban J connectivity index is 1.64. The maximum absolute atomic E-state index is 12.6. The molecule has 0 aromatic carbocycles. The monoisotopic (exact) mass is 301 g/mol. The SMILES string of the molecule is CCOP(=O)(NCC12CC3CC(CC(C3)C1)C2)OCC. The third-order valence-corrected chi connectivity index (χ3v) is 7.15. The van der Waals surface area contributed by atoms with Crippen molar-refractivity contribution < 1.29 is 13.6 Å². The first kappa shape index (κ1) is 15.0. The molecule has 0 radical (unpaired) electrons. The van der Waals surface area contributed by atoms with Crippen LogP contribution in [-0.4, -0.2) is 19.8 Å². The Kier molecular flexibility index (Phi) is 4.29. The van der Waals surface area contributed by atoms with Crippen molar-refractivity contribution in [3.63, 3.8) is 0 Å². The Morgan fingerprint density at radius 2 is 1.45 bits per heavy atom. The van der Waals surface area contributed by atoms with Crippen LogP contribution in [0.15, 0.2) is 0 Å². The van der Waals surface area contributed by atoms with E-state index in [9.17, 15) is 4.57 Å². The Morgan fingerprint density at radius 3 is 1.85 bits per heavy atom. The van der Waals surface area contributed by atoms with Crippen LogP contribution in [-0.2, 0) is 13.6 Å². The van der Waals surface area contributed by atoms with E-state index in [1.54, 1.807) is 0 Å². The lowest BCUT2D eigenvalue weighted by molar-refractivity contribution is -0.0497. The second-order valence-electron chi connectivity index (χ2n) is 7.09. The van der Waals surface area contributed by atoms with Crippen LogP contribution in [0.25, 0.3) is 0 Å². The Hall–Kier alpha value is 0.110. The van der Waals surface area contributed by atoms with E-state index in [0.29, 0.717) is 18.6 Å². The van der Waals surface area contributed by atoms with Crippen LogP contribution in [0.4, 0.5) is 0 Å². The Morgan fingerprint density at radius 1 is 1.00 bits per heavy atom. The smallest absolute Gasteiger partial charge is 0.297 e. The van der Waals surface area contributed by atoms with Crippen molar-refractivity contribution in [1.82, 2.24) is 5.09 Å². The third kappa shape index (κ3) is 2.99. The molecule has 20 heavy (non-hydrogen) atoms. The van der Waals surface area contributed by atoms with Gasteiger partial charge in [-0.05, 0) is 75.5 Å². The van der Waals surface area contributed by atoms with E-state index in [0.717, 1.165) is 24.3 Å². The molecule has 0 atom stereocenters. The van der Waals surface area contributed by atoms with Gasteiger partial charge in [-0.1, -0.05) is 0 Å². The van der Waals surface area contributed by atoms with E-state index >= 15 is 0 Å². The van der Waals surface area contributed by atoms with Crippen molar-refractivity contribution in [2.24, 2.45) is 23.2 Å². The predicted octanol–water partition coefficient (Wildman–Crippen LogP) is 3.97. The van der Waals surface area contributed by atoms with Crippen LogP contribution >= 0.6 is 7.75 Å². The first-order chi connectivity index (χ1) is 9.56. The summed E-state index contributed by atoms with van der Waals surface area (Å²) in [5.74, 6) is 2.75. The fraction of sp³-hybridized carbons (Fsp3) is 1.00. The maximum atomic E-state index is 12.6. The minimum Gasteiger partial charge on any atom is -0.297 e. The van der Waals surface area contributed by atoms with Crippen LogP contribution in [0.5, 0.6) is 0 Å². The number of hydrogen-bond donors (Lipinski definition) is 1. The Labute approximate surface area is 122 Å². The van der Waals surface area contributed by atoms with Gasteiger partial charge in [0.2, 0.25) is 0 Å². The highest BCUT2D eigenvalue weighted by Crippen LogP contribution is 2.60. The van der Waals surface area contributed by atoms with E-state index in [4.69, 9.17) is 9.05 Å². The van der Waals surface area contributed by atoms with Gasteiger partial charge in [0.1, 0.15) is 0 Å². The van der Waals surface area contributed by atoms with E-state index in [1.807, 2.05) is 13.8 Å². The van der Waals surface area contributed by atoms with Crippen LogP contribution < -0.4 is 5.09 Å². The zero-order valence-corrected chi connectivity index (χ0v) is 13.7. The summed E-state index contributed by atoms with van der Waals surface area (Å²) in [6.07, 6.45) is 8.24. The molecule has 4 nitrogen and oxygen atoms in total. The highest BCUT2D eigenvalue weighted by Gasteiger charge is 2.51. The van der Waals surface area contributed by atoms with Crippen molar-refractivity contribution in [3.8, 4) is 0 Å². The maximum Gasteiger partial charge on any atom is 0.405 e. The number of nitrogens with one attached hydrogen (secondary N) is 1. The zero-order chi connectivity index (χ0) is 14.2. The number of hydrogen-bond acceptors (Lipinski definition) is 3. The van der Waals surface area contributed by atoms with Gasteiger partial charge in [0.25, 0.3) is 0 Å². The fourth-order valence-electron chi connectivity index (χ4n) is 5.24. The molecule has 0 heterocycles. The van der Waals surface area contributed by atoms with Gasteiger partial charge in [-0.2, -0.15) is 0 Å². The molecule has 0 aliphatic heterocycles. The molecule has 4 saturated carbocycles. The van der Waals surface area contributed by atoms with E-state index in [2.05, 4.69) is 5.09 Å². The van der Waals surface area contributed by atoms with Crippen LogP contribution in [0.2, 0.25) is 0 Å².